The molecule has 0 saturated carbocycles. The van der Waals surface area contributed by atoms with Crippen molar-refractivity contribution in [2.24, 2.45) is 0 Å². The summed E-state index contributed by atoms with van der Waals surface area (Å²) in [4.78, 5) is 0. The highest BCUT2D eigenvalue weighted by Gasteiger charge is 2.32. The molecule has 2 atom stereocenters. The Balaban J connectivity index is 1.78. The van der Waals surface area contributed by atoms with Gasteiger partial charge < -0.3 is 0 Å². The molecule has 3 aliphatic heterocycles. The van der Waals surface area contributed by atoms with Gasteiger partial charge in [-0.05, 0) is 0 Å². The van der Waals surface area contributed by atoms with E-state index in [4.69, 9.17) is 0 Å². The lowest BCUT2D eigenvalue weighted by Crippen LogP contribution is -2.04. The zero-order valence-corrected chi connectivity index (χ0v) is 13.9. The summed E-state index contributed by atoms with van der Waals surface area (Å²) in [6.07, 6.45) is 0. The van der Waals surface area contributed by atoms with Crippen molar-refractivity contribution in [3.63, 3.8) is 0 Å². The molecule has 0 N–H and O–H groups in total. The van der Waals surface area contributed by atoms with Crippen molar-refractivity contribution in [3.05, 3.63) is 16.9 Å². The fraction of sp³-hybridized carbons (Fsp3) is 0.600. The van der Waals surface area contributed by atoms with E-state index in [1.807, 2.05) is 47.0 Å². The highest BCUT2D eigenvalue weighted by Crippen LogP contribution is 2.64. The van der Waals surface area contributed by atoms with Crippen molar-refractivity contribution in [2.45, 2.75) is 24.3 Å². The van der Waals surface area contributed by atoms with Crippen molar-refractivity contribution < 1.29 is 0 Å². The van der Waals surface area contributed by atoms with Crippen molar-refractivity contribution in [3.8, 4) is 0 Å². The van der Waals surface area contributed by atoms with Gasteiger partial charge in [-0.3, -0.25) is 0 Å². The Morgan fingerprint density at radius 3 is 1.75 bits per heavy atom. The number of hydrogen-bond acceptors (Lipinski definition) is 6. The van der Waals surface area contributed by atoms with E-state index in [2.05, 4.69) is 37.4 Å². The summed E-state index contributed by atoms with van der Waals surface area (Å²) in [6, 6.07) is 0. The maximum Gasteiger partial charge on any atom is 0.0710 e. The van der Waals surface area contributed by atoms with Crippen LogP contribution < -0.4 is 0 Å². The van der Waals surface area contributed by atoms with E-state index in [-0.39, 0.29) is 0 Å². The largest absolute Gasteiger partial charge is 0.116 e. The monoisotopic (exact) mass is 324 g/mol. The first-order valence-electron chi connectivity index (χ1n) is 5.17. The van der Waals surface area contributed by atoms with E-state index < -0.39 is 0 Å². The van der Waals surface area contributed by atoms with Gasteiger partial charge in [0.05, 0.1) is 16.9 Å². The molecule has 0 amide bonds. The van der Waals surface area contributed by atoms with Crippen LogP contribution >= 0.6 is 70.6 Å². The maximum atomic E-state index is 2.34. The predicted molar refractivity (Wildman–Crippen MR) is 88.3 cm³/mol. The van der Waals surface area contributed by atoms with Crippen molar-refractivity contribution in [1.29, 1.82) is 0 Å². The third-order valence-corrected chi connectivity index (χ3v) is 12.0. The van der Waals surface area contributed by atoms with Gasteiger partial charge in [-0.1, -0.05) is 37.4 Å². The van der Waals surface area contributed by atoms with Crippen LogP contribution in [0.2, 0.25) is 0 Å². The lowest BCUT2D eigenvalue weighted by atomic mass is 10.4. The van der Waals surface area contributed by atoms with Gasteiger partial charge in [-0.2, -0.15) is 0 Å². The molecular weight excluding hydrogens is 313 g/mol. The summed E-state index contributed by atoms with van der Waals surface area (Å²) in [5.41, 5.74) is 0. The fourth-order valence-electron chi connectivity index (χ4n) is 1.45. The van der Waals surface area contributed by atoms with Crippen LogP contribution in [0, 0.1) is 0 Å². The highest BCUT2D eigenvalue weighted by molar-refractivity contribution is 8.42. The first-order valence-corrected chi connectivity index (χ1v) is 10.5. The van der Waals surface area contributed by atoms with Crippen LogP contribution in [0.3, 0.4) is 0 Å². The van der Waals surface area contributed by atoms with E-state index in [1.54, 1.807) is 16.9 Å². The molecule has 0 aromatic carbocycles. The molecular formula is C10H12S6. The number of hydrogen-bond donors (Lipinski definition) is 0. The topological polar surface area (TPSA) is 0 Å². The summed E-state index contributed by atoms with van der Waals surface area (Å²) >= 11 is 12.3. The molecule has 6 heteroatoms. The van der Waals surface area contributed by atoms with Crippen LogP contribution in [0.5, 0.6) is 0 Å². The molecule has 3 heterocycles. The Bertz CT molecular complexity index is 340. The van der Waals surface area contributed by atoms with Crippen LogP contribution in [0.1, 0.15) is 13.8 Å². The summed E-state index contributed by atoms with van der Waals surface area (Å²) < 4.78 is 6.26. The van der Waals surface area contributed by atoms with E-state index in [1.165, 1.54) is 11.5 Å². The molecule has 1 saturated heterocycles. The van der Waals surface area contributed by atoms with Crippen LogP contribution in [0.25, 0.3) is 0 Å². The van der Waals surface area contributed by atoms with Crippen molar-refractivity contribution >= 4 is 70.6 Å². The molecule has 0 aromatic rings. The Kier molecular flexibility index (Phi) is 4.17. The lowest BCUT2D eigenvalue weighted by Gasteiger charge is -2.08. The quantitative estimate of drug-likeness (QED) is 0.576. The van der Waals surface area contributed by atoms with E-state index in [9.17, 15) is 0 Å². The Labute approximate surface area is 122 Å². The maximum absolute atomic E-state index is 2.34. The van der Waals surface area contributed by atoms with Crippen molar-refractivity contribution in [1.82, 2.24) is 0 Å². The predicted octanol–water partition coefficient (Wildman–Crippen LogP) is 5.46. The molecule has 0 bridgehead atoms. The minimum Gasteiger partial charge on any atom is -0.116 e. The number of thioether (sulfide) groups is 6. The Morgan fingerprint density at radius 1 is 0.750 bits per heavy atom. The molecule has 0 spiro atoms. The van der Waals surface area contributed by atoms with Gasteiger partial charge in [0.2, 0.25) is 0 Å². The fourth-order valence-corrected chi connectivity index (χ4v) is 10.9. The van der Waals surface area contributed by atoms with Crippen molar-refractivity contribution in [2.75, 3.05) is 11.5 Å². The molecule has 0 radical (unpaired) electrons. The average molecular weight is 325 g/mol. The van der Waals surface area contributed by atoms with Gasteiger partial charge in [0, 0.05) is 22.0 Å². The SMILES string of the molecule is C[C@H]1SC(=C2SC3=C(SCCS3)S2)S[C@@H]1C. The van der Waals surface area contributed by atoms with E-state index in [0.29, 0.717) is 0 Å². The van der Waals surface area contributed by atoms with Crippen LogP contribution in [-0.2, 0) is 0 Å². The summed E-state index contributed by atoms with van der Waals surface area (Å²) in [7, 11) is 0. The van der Waals surface area contributed by atoms with E-state index >= 15 is 0 Å². The second-order valence-electron chi connectivity index (χ2n) is 3.70. The third kappa shape index (κ3) is 2.48. The molecule has 88 valence electrons. The Hall–Kier alpha value is 1.58. The van der Waals surface area contributed by atoms with Gasteiger partial charge in [0.1, 0.15) is 0 Å². The molecule has 3 rings (SSSR count). The van der Waals surface area contributed by atoms with E-state index in [0.717, 1.165) is 10.5 Å². The standard InChI is InChI=1S/C10H12S6/c1-5-6(2)14-9(13-5)10-15-7-8(16-10)12-4-3-11-7/h5-6H,3-4H2,1-2H3/t5-,6-/m1/s1. The zero-order valence-electron chi connectivity index (χ0n) is 9.02. The normalized spacial score (nSPS) is 34.9. The van der Waals surface area contributed by atoms with Crippen LogP contribution in [0.4, 0.5) is 0 Å². The minimum absolute atomic E-state index is 0.770. The molecule has 1 fully saturated rings. The van der Waals surface area contributed by atoms with Gasteiger partial charge in [-0.15, -0.1) is 47.0 Å². The molecule has 0 aliphatic carbocycles. The van der Waals surface area contributed by atoms with Crippen LogP contribution in [0.15, 0.2) is 16.9 Å². The average Bonchev–Trinajstić information content (AvgIpc) is 2.83. The second kappa shape index (κ2) is 5.29. The Morgan fingerprint density at radius 2 is 1.25 bits per heavy atom. The molecule has 0 nitrogen and oxygen atoms in total. The third-order valence-electron chi connectivity index (χ3n) is 2.50. The molecule has 3 aliphatic rings. The first-order chi connectivity index (χ1) is 7.74. The second-order valence-corrected chi connectivity index (χ2v) is 11.8. The minimum atomic E-state index is 0.770. The lowest BCUT2D eigenvalue weighted by molar-refractivity contribution is 0.941. The van der Waals surface area contributed by atoms with Gasteiger partial charge in [-0.25, -0.2) is 0 Å². The van der Waals surface area contributed by atoms with Gasteiger partial charge >= 0.3 is 0 Å². The summed E-state index contributed by atoms with van der Waals surface area (Å²) in [6.45, 7) is 4.69. The summed E-state index contributed by atoms with van der Waals surface area (Å²) in [5, 5.41) is 1.54. The molecule has 0 aromatic heterocycles. The highest BCUT2D eigenvalue weighted by atomic mass is 32.3. The van der Waals surface area contributed by atoms with Gasteiger partial charge in [0.25, 0.3) is 0 Å². The zero-order chi connectivity index (χ0) is 11.1. The first kappa shape index (κ1) is 12.6. The van der Waals surface area contributed by atoms with Gasteiger partial charge in [0.15, 0.2) is 0 Å². The molecule has 0 unspecified atom stereocenters. The smallest absolute Gasteiger partial charge is 0.0710 e. The number of rotatable bonds is 0. The summed E-state index contributed by atoms with van der Waals surface area (Å²) in [5.74, 6) is 2.57. The van der Waals surface area contributed by atoms with Crippen LogP contribution in [-0.4, -0.2) is 22.0 Å². The molecule has 16 heavy (non-hydrogen) atoms.